The monoisotopic (exact) mass is 319 g/mol. The second-order valence-electron chi connectivity index (χ2n) is 5.14. The second-order valence-corrected chi connectivity index (χ2v) is 5.14. The number of benzene rings is 2. The van der Waals surface area contributed by atoms with Crippen molar-refractivity contribution < 1.29 is 9.59 Å². The number of amides is 2. The number of hydrogen-bond acceptors (Lipinski definition) is 3. The molecule has 2 N–H and O–H groups in total. The van der Waals surface area contributed by atoms with E-state index in [0.29, 0.717) is 16.8 Å². The van der Waals surface area contributed by atoms with Crippen molar-refractivity contribution in [3.63, 3.8) is 0 Å². The maximum Gasteiger partial charge on any atom is 0.266 e. The van der Waals surface area contributed by atoms with E-state index in [1.54, 1.807) is 37.4 Å². The Morgan fingerprint density at radius 1 is 1.08 bits per heavy atom. The van der Waals surface area contributed by atoms with Crippen molar-refractivity contribution in [3.05, 3.63) is 70.8 Å². The zero-order valence-corrected chi connectivity index (χ0v) is 13.5. The molecule has 0 aliphatic carbocycles. The van der Waals surface area contributed by atoms with Crippen molar-refractivity contribution in [2.24, 2.45) is 0 Å². The summed E-state index contributed by atoms with van der Waals surface area (Å²) in [4.78, 5) is 23.8. The molecule has 0 spiro atoms. The highest BCUT2D eigenvalue weighted by Crippen LogP contribution is 2.15. The quantitative estimate of drug-likeness (QED) is 0.671. The smallest absolute Gasteiger partial charge is 0.266 e. The normalized spacial score (nSPS) is 10.6. The van der Waals surface area contributed by atoms with Crippen LogP contribution >= 0.6 is 0 Å². The van der Waals surface area contributed by atoms with Gasteiger partial charge in [-0.05, 0) is 42.3 Å². The Hall–Kier alpha value is -3.39. The van der Waals surface area contributed by atoms with Gasteiger partial charge in [0.2, 0.25) is 0 Å². The van der Waals surface area contributed by atoms with Crippen molar-refractivity contribution in [1.82, 2.24) is 5.32 Å². The Morgan fingerprint density at radius 3 is 2.33 bits per heavy atom. The molecule has 0 saturated carbocycles. The number of rotatable bonds is 4. The SMILES string of the molecule is CNC(=O)c1ccc(C=C(C#N)C(=O)Nc2ccccc2C)cc1. The van der Waals surface area contributed by atoms with E-state index in [0.717, 1.165) is 5.56 Å². The first-order valence-corrected chi connectivity index (χ1v) is 7.36. The fourth-order valence-corrected chi connectivity index (χ4v) is 2.09. The zero-order chi connectivity index (χ0) is 17.5. The van der Waals surface area contributed by atoms with Gasteiger partial charge in [0, 0.05) is 18.3 Å². The van der Waals surface area contributed by atoms with Crippen molar-refractivity contribution in [2.75, 3.05) is 12.4 Å². The largest absolute Gasteiger partial charge is 0.355 e. The van der Waals surface area contributed by atoms with Crippen LogP contribution in [0.3, 0.4) is 0 Å². The lowest BCUT2D eigenvalue weighted by atomic mass is 10.1. The lowest BCUT2D eigenvalue weighted by Gasteiger charge is -2.07. The van der Waals surface area contributed by atoms with Gasteiger partial charge in [0.1, 0.15) is 11.6 Å². The molecule has 0 fully saturated rings. The third-order valence-electron chi connectivity index (χ3n) is 3.47. The van der Waals surface area contributed by atoms with Crippen LogP contribution in [0.4, 0.5) is 5.69 Å². The lowest BCUT2D eigenvalue weighted by molar-refractivity contribution is -0.112. The highest BCUT2D eigenvalue weighted by molar-refractivity contribution is 6.10. The zero-order valence-electron chi connectivity index (χ0n) is 13.5. The molecule has 2 amide bonds. The molecule has 120 valence electrons. The summed E-state index contributed by atoms with van der Waals surface area (Å²) in [5.74, 6) is -0.662. The van der Waals surface area contributed by atoms with Gasteiger partial charge in [-0.25, -0.2) is 0 Å². The number of aryl methyl sites for hydroxylation is 1. The number of nitrogens with zero attached hydrogens (tertiary/aromatic N) is 1. The summed E-state index contributed by atoms with van der Waals surface area (Å²) in [6.07, 6.45) is 1.49. The molecule has 0 aliphatic rings. The topological polar surface area (TPSA) is 82.0 Å². The van der Waals surface area contributed by atoms with Crippen LogP contribution in [0.25, 0.3) is 6.08 Å². The third kappa shape index (κ3) is 4.08. The fraction of sp³-hybridized carbons (Fsp3) is 0.105. The Labute approximate surface area is 140 Å². The van der Waals surface area contributed by atoms with Crippen molar-refractivity contribution in [3.8, 4) is 6.07 Å². The molecule has 5 heteroatoms. The number of nitriles is 1. The van der Waals surface area contributed by atoms with Crippen LogP contribution in [-0.2, 0) is 4.79 Å². The van der Waals surface area contributed by atoms with Gasteiger partial charge in [0.15, 0.2) is 0 Å². The average Bonchev–Trinajstić information content (AvgIpc) is 2.61. The molecule has 5 nitrogen and oxygen atoms in total. The first kappa shape index (κ1) is 17.0. The van der Waals surface area contributed by atoms with Gasteiger partial charge in [-0.1, -0.05) is 30.3 Å². The maximum atomic E-state index is 12.3. The summed E-state index contributed by atoms with van der Waals surface area (Å²) >= 11 is 0. The summed E-state index contributed by atoms with van der Waals surface area (Å²) in [6.45, 7) is 1.88. The predicted octanol–water partition coefficient (Wildman–Crippen LogP) is 2.90. The van der Waals surface area contributed by atoms with E-state index >= 15 is 0 Å². The van der Waals surface area contributed by atoms with Gasteiger partial charge in [-0.3, -0.25) is 9.59 Å². The van der Waals surface area contributed by atoms with Gasteiger partial charge in [0.25, 0.3) is 11.8 Å². The van der Waals surface area contributed by atoms with Gasteiger partial charge < -0.3 is 10.6 Å². The van der Waals surface area contributed by atoms with Crippen molar-refractivity contribution >= 4 is 23.6 Å². The Balaban J connectivity index is 2.20. The van der Waals surface area contributed by atoms with Crippen LogP contribution in [0.2, 0.25) is 0 Å². The summed E-state index contributed by atoms with van der Waals surface area (Å²) in [7, 11) is 1.56. The van der Waals surface area contributed by atoms with Crippen LogP contribution in [-0.4, -0.2) is 18.9 Å². The van der Waals surface area contributed by atoms with Crippen LogP contribution in [0, 0.1) is 18.3 Å². The molecule has 2 aromatic carbocycles. The van der Waals surface area contributed by atoms with Crippen LogP contribution < -0.4 is 10.6 Å². The lowest BCUT2D eigenvalue weighted by Crippen LogP contribution is -2.17. The molecule has 0 aliphatic heterocycles. The molecule has 0 aromatic heterocycles. The molecule has 0 bridgehead atoms. The molecule has 0 atom stereocenters. The molecule has 0 radical (unpaired) electrons. The maximum absolute atomic E-state index is 12.3. The molecular formula is C19H17N3O2. The van der Waals surface area contributed by atoms with Gasteiger partial charge in [-0.2, -0.15) is 5.26 Å². The van der Waals surface area contributed by atoms with Crippen LogP contribution in [0.1, 0.15) is 21.5 Å². The molecule has 24 heavy (non-hydrogen) atoms. The number of nitrogens with one attached hydrogen (secondary N) is 2. The Kier molecular flexibility index (Phi) is 5.48. The number of para-hydroxylation sites is 1. The summed E-state index contributed by atoms with van der Waals surface area (Å²) in [6, 6.07) is 15.9. The number of carbonyl (C=O) groups is 2. The predicted molar refractivity (Wildman–Crippen MR) is 93.2 cm³/mol. The molecule has 0 heterocycles. The highest BCUT2D eigenvalue weighted by Gasteiger charge is 2.11. The summed E-state index contributed by atoms with van der Waals surface area (Å²) in [5, 5.41) is 14.5. The van der Waals surface area contributed by atoms with E-state index in [9.17, 15) is 14.9 Å². The van der Waals surface area contributed by atoms with Crippen molar-refractivity contribution in [1.29, 1.82) is 5.26 Å². The fourth-order valence-electron chi connectivity index (χ4n) is 2.09. The Morgan fingerprint density at radius 2 is 1.75 bits per heavy atom. The van der Waals surface area contributed by atoms with Crippen LogP contribution in [0.5, 0.6) is 0 Å². The van der Waals surface area contributed by atoms with Gasteiger partial charge in [-0.15, -0.1) is 0 Å². The van der Waals surface area contributed by atoms with E-state index in [-0.39, 0.29) is 11.5 Å². The summed E-state index contributed by atoms with van der Waals surface area (Å²) in [5.41, 5.74) is 2.75. The molecule has 0 unspecified atom stereocenters. The first-order valence-electron chi connectivity index (χ1n) is 7.36. The minimum atomic E-state index is -0.470. The standard InChI is InChI=1S/C19H17N3O2/c1-13-5-3-4-6-17(13)22-19(24)16(12-20)11-14-7-9-15(10-8-14)18(23)21-2/h3-11H,1-2H3,(H,21,23)(H,22,24). The van der Waals surface area contributed by atoms with E-state index in [2.05, 4.69) is 10.6 Å². The molecule has 0 saturated heterocycles. The van der Waals surface area contributed by atoms with E-state index < -0.39 is 5.91 Å². The second kappa shape index (κ2) is 7.75. The first-order chi connectivity index (χ1) is 11.5. The van der Waals surface area contributed by atoms with Gasteiger partial charge >= 0.3 is 0 Å². The minimum Gasteiger partial charge on any atom is -0.355 e. The molecule has 2 aromatic rings. The molecule has 2 rings (SSSR count). The number of hydrogen-bond donors (Lipinski definition) is 2. The number of carbonyl (C=O) groups excluding carboxylic acids is 2. The molecular weight excluding hydrogens is 302 g/mol. The van der Waals surface area contributed by atoms with Crippen LogP contribution in [0.15, 0.2) is 54.1 Å². The number of anilines is 1. The summed E-state index contributed by atoms with van der Waals surface area (Å²) < 4.78 is 0. The van der Waals surface area contributed by atoms with Gasteiger partial charge in [0.05, 0.1) is 0 Å². The van der Waals surface area contributed by atoms with E-state index in [1.807, 2.05) is 31.2 Å². The van der Waals surface area contributed by atoms with E-state index in [4.69, 9.17) is 0 Å². The Bertz CT molecular complexity index is 830. The average molecular weight is 319 g/mol. The van der Waals surface area contributed by atoms with Crippen molar-refractivity contribution in [2.45, 2.75) is 6.92 Å². The minimum absolute atomic E-state index is 0.00838. The third-order valence-corrected chi connectivity index (χ3v) is 3.47. The highest BCUT2D eigenvalue weighted by atomic mass is 16.2. The van der Waals surface area contributed by atoms with E-state index in [1.165, 1.54) is 6.08 Å².